The van der Waals surface area contributed by atoms with Crippen LogP contribution in [-0.4, -0.2) is 73.0 Å². The molecule has 2 heterocycles. The number of hydrogen-bond donors (Lipinski definition) is 1. The van der Waals surface area contributed by atoms with Crippen LogP contribution in [0.15, 0.2) is 0 Å². The summed E-state index contributed by atoms with van der Waals surface area (Å²) in [5, 5.41) is 9.95. The molecular weight excluding hydrogens is 240 g/mol. The summed E-state index contributed by atoms with van der Waals surface area (Å²) in [5.74, 6) is 0.802. The molecule has 19 heavy (non-hydrogen) atoms. The Morgan fingerprint density at radius 3 is 2.58 bits per heavy atom. The maximum Gasteiger partial charge on any atom is 0.0900 e. The van der Waals surface area contributed by atoms with Crippen LogP contribution in [0.1, 0.15) is 33.1 Å². The number of nitrogens with zero attached hydrogens (tertiary/aromatic N) is 2. The Bertz CT molecular complexity index is 255. The van der Waals surface area contributed by atoms with Crippen molar-refractivity contribution in [3.63, 3.8) is 0 Å². The molecular formula is C15H30N2O2. The van der Waals surface area contributed by atoms with Crippen molar-refractivity contribution >= 4 is 0 Å². The molecule has 0 aromatic carbocycles. The lowest BCUT2D eigenvalue weighted by Crippen LogP contribution is -2.35. The third kappa shape index (κ3) is 5.38. The Morgan fingerprint density at radius 1 is 1.16 bits per heavy atom. The van der Waals surface area contributed by atoms with Gasteiger partial charge in [0.05, 0.1) is 18.8 Å². The fourth-order valence-corrected chi connectivity index (χ4v) is 3.21. The standard InChI is InChI=1S/C15H30N2O2/c1-13(2)19-12-15(18)11-17-8-5-14(10-17)9-16-6-3-4-7-16/h13-15,18H,3-12H2,1-2H3. The highest BCUT2D eigenvalue weighted by Gasteiger charge is 2.26. The van der Waals surface area contributed by atoms with E-state index < -0.39 is 0 Å². The van der Waals surface area contributed by atoms with Gasteiger partial charge in [0.2, 0.25) is 0 Å². The Hall–Kier alpha value is -0.160. The minimum absolute atomic E-state index is 0.205. The molecule has 0 aliphatic carbocycles. The molecule has 1 N–H and O–H groups in total. The lowest BCUT2D eigenvalue weighted by atomic mass is 10.1. The van der Waals surface area contributed by atoms with Gasteiger partial charge in [0.15, 0.2) is 0 Å². The average molecular weight is 270 g/mol. The number of aliphatic hydroxyl groups excluding tert-OH is 1. The van der Waals surface area contributed by atoms with Crippen molar-refractivity contribution in [2.75, 3.05) is 45.9 Å². The predicted molar refractivity (Wildman–Crippen MR) is 77.3 cm³/mol. The van der Waals surface area contributed by atoms with E-state index in [4.69, 9.17) is 4.74 Å². The van der Waals surface area contributed by atoms with Crippen LogP contribution >= 0.6 is 0 Å². The first-order valence-electron chi connectivity index (χ1n) is 7.88. The zero-order valence-electron chi connectivity index (χ0n) is 12.6. The molecule has 2 aliphatic rings. The van der Waals surface area contributed by atoms with E-state index in [-0.39, 0.29) is 12.2 Å². The van der Waals surface area contributed by atoms with Gasteiger partial charge >= 0.3 is 0 Å². The number of hydrogen-bond acceptors (Lipinski definition) is 4. The Morgan fingerprint density at radius 2 is 1.89 bits per heavy atom. The molecule has 2 aliphatic heterocycles. The summed E-state index contributed by atoms with van der Waals surface area (Å²) in [5.41, 5.74) is 0. The molecule has 0 radical (unpaired) electrons. The highest BCUT2D eigenvalue weighted by molar-refractivity contribution is 4.81. The number of β-amino-alcohol motifs (C(OH)–C–C–N with tert-alkyl or cyclic N) is 1. The summed E-state index contributed by atoms with van der Waals surface area (Å²) in [6.07, 6.45) is 3.90. The lowest BCUT2D eigenvalue weighted by Gasteiger charge is -2.22. The van der Waals surface area contributed by atoms with E-state index in [0.717, 1.165) is 25.6 Å². The van der Waals surface area contributed by atoms with Crippen molar-refractivity contribution in [1.29, 1.82) is 0 Å². The second-order valence-electron chi connectivity index (χ2n) is 6.46. The van der Waals surface area contributed by atoms with E-state index >= 15 is 0 Å². The highest BCUT2D eigenvalue weighted by atomic mass is 16.5. The van der Waals surface area contributed by atoms with Gasteiger partial charge in [-0.2, -0.15) is 0 Å². The first-order valence-corrected chi connectivity index (χ1v) is 7.88. The van der Waals surface area contributed by atoms with Gasteiger partial charge in [0.1, 0.15) is 0 Å². The molecule has 4 nitrogen and oxygen atoms in total. The predicted octanol–water partition coefficient (Wildman–Crippen LogP) is 1.19. The number of ether oxygens (including phenoxy) is 1. The third-order valence-electron chi connectivity index (χ3n) is 4.18. The molecule has 4 heteroatoms. The summed E-state index contributed by atoms with van der Waals surface area (Å²) in [6.45, 7) is 11.4. The number of rotatable bonds is 7. The smallest absolute Gasteiger partial charge is 0.0900 e. The van der Waals surface area contributed by atoms with E-state index in [9.17, 15) is 5.11 Å². The first-order chi connectivity index (χ1) is 9.13. The van der Waals surface area contributed by atoms with Gasteiger partial charge < -0.3 is 19.6 Å². The van der Waals surface area contributed by atoms with Gasteiger partial charge in [-0.1, -0.05) is 0 Å². The molecule has 0 aromatic heterocycles. The molecule has 0 bridgehead atoms. The topological polar surface area (TPSA) is 35.9 Å². The normalized spacial score (nSPS) is 27.5. The molecule has 0 saturated carbocycles. The van der Waals surface area contributed by atoms with E-state index in [1.165, 1.54) is 38.9 Å². The summed E-state index contributed by atoms with van der Waals surface area (Å²) in [7, 11) is 0. The molecule has 2 fully saturated rings. The minimum atomic E-state index is -0.340. The molecule has 2 atom stereocenters. The third-order valence-corrected chi connectivity index (χ3v) is 4.18. The lowest BCUT2D eigenvalue weighted by molar-refractivity contribution is -0.00628. The summed E-state index contributed by atoms with van der Waals surface area (Å²) >= 11 is 0. The van der Waals surface area contributed by atoms with Crippen molar-refractivity contribution in [3.8, 4) is 0 Å². The first kappa shape index (κ1) is 15.2. The second-order valence-corrected chi connectivity index (χ2v) is 6.46. The molecule has 2 saturated heterocycles. The van der Waals surface area contributed by atoms with Crippen LogP contribution in [0.2, 0.25) is 0 Å². The van der Waals surface area contributed by atoms with Gasteiger partial charge in [0, 0.05) is 19.6 Å². The molecule has 2 unspecified atom stereocenters. The zero-order valence-corrected chi connectivity index (χ0v) is 12.6. The molecule has 0 spiro atoms. The Kier molecular flexibility index (Phi) is 6.07. The fraction of sp³-hybridized carbons (Fsp3) is 1.00. The van der Waals surface area contributed by atoms with E-state index in [1.54, 1.807) is 0 Å². The quantitative estimate of drug-likeness (QED) is 0.754. The van der Waals surface area contributed by atoms with Crippen LogP contribution in [0, 0.1) is 5.92 Å². The van der Waals surface area contributed by atoms with Gasteiger partial charge in [-0.15, -0.1) is 0 Å². The van der Waals surface area contributed by atoms with Gasteiger partial charge in [0.25, 0.3) is 0 Å². The second kappa shape index (κ2) is 7.58. The molecule has 2 rings (SSSR count). The largest absolute Gasteiger partial charge is 0.389 e. The van der Waals surface area contributed by atoms with E-state index in [1.807, 2.05) is 13.8 Å². The van der Waals surface area contributed by atoms with Crippen molar-refractivity contribution in [1.82, 2.24) is 9.80 Å². The Balaban J connectivity index is 1.61. The summed E-state index contributed by atoms with van der Waals surface area (Å²) in [4.78, 5) is 5.00. The van der Waals surface area contributed by atoms with Crippen LogP contribution < -0.4 is 0 Å². The maximum absolute atomic E-state index is 9.95. The molecule has 0 aromatic rings. The average Bonchev–Trinajstić information content (AvgIpc) is 2.99. The van der Waals surface area contributed by atoms with Crippen molar-refractivity contribution in [2.45, 2.75) is 45.3 Å². The maximum atomic E-state index is 9.95. The van der Waals surface area contributed by atoms with Crippen LogP contribution in [0.5, 0.6) is 0 Å². The monoisotopic (exact) mass is 270 g/mol. The number of aliphatic hydroxyl groups is 1. The van der Waals surface area contributed by atoms with Gasteiger partial charge in [-0.3, -0.25) is 0 Å². The Labute approximate surface area is 117 Å². The number of likely N-dealkylation sites (tertiary alicyclic amines) is 2. The SMILES string of the molecule is CC(C)OCC(O)CN1CCC(CN2CCCC2)C1. The minimum Gasteiger partial charge on any atom is -0.389 e. The van der Waals surface area contributed by atoms with Gasteiger partial charge in [-0.25, -0.2) is 0 Å². The van der Waals surface area contributed by atoms with Crippen molar-refractivity contribution in [2.24, 2.45) is 5.92 Å². The fourth-order valence-electron chi connectivity index (χ4n) is 3.21. The molecule has 112 valence electrons. The van der Waals surface area contributed by atoms with Crippen LogP contribution in [0.25, 0.3) is 0 Å². The van der Waals surface area contributed by atoms with Crippen LogP contribution in [-0.2, 0) is 4.74 Å². The van der Waals surface area contributed by atoms with E-state index in [0.29, 0.717) is 6.61 Å². The van der Waals surface area contributed by atoms with Crippen molar-refractivity contribution < 1.29 is 9.84 Å². The van der Waals surface area contributed by atoms with E-state index in [2.05, 4.69) is 9.80 Å². The zero-order chi connectivity index (χ0) is 13.7. The van der Waals surface area contributed by atoms with Crippen LogP contribution in [0.4, 0.5) is 0 Å². The van der Waals surface area contributed by atoms with Crippen LogP contribution in [0.3, 0.4) is 0 Å². The van der Waals surface area contributed by atoms with Gasteiger partial charge in [-0.05, 0) is 58.7 Å². The summed E-state index contributed by atoms with van der Waals surface area (Å²) in [6, 6.07) is 0. The summed E-state index contributed by atoms with van der Waals surface area (Å²) < 4.78 is 5.46. The van der Waals surface area contributed by atoms with Crippen molar-refractivity contribution in [3.05, 3.63) is 0 Å². The highest BCUT2D eigenvalue weighted by Crippen LogP contribution is 2.20. The molecule has 0 amide bonds.